The van der Waals surface area contributed by atoms with Gasteiger partial charge >= 0.3 is 6.03 Å². The number of carbonyl (C=O) groups is 1. The molecule has 1 rings (SSSR count). The van der Waals surface area contributed by atoms with Gasteiger partial charge in [0.15, 0.2) is 0 Å². The second kappa shape index (κ2) is 3.99. The smallest absolute Gasteiger partial charge is 0.322 e. The van der Waals surface area contributed by atoms with Gasteiger partial charge in [-0.25, -0.2) is 13.2 Å². The maximum atomic E-state index is 11.3. The van der Waals surface area contributed by atoms with Crippen molar-refractivity contribution < 1.29 is 13.2 Å². The van der Waals surface area contributed by atoms with Gasteiger partial charge in [-0.3, -0.25) is 4.72 Å². The summed E-state index contributed by atoms with van der Waals surface area (Å²) in [5.41, 5.74) is 4.72. The first-order chi connectivity index (χ1) is 6.02. The van der Waals surface area contributed by atoms with Crippen molar-refractivity contribution in [2.45, 2.75) is 4.21 Å². The quantitative estimate of drug-likeness (QED) is 0.600. The van der Waals surface area contributed by atoms with Crippen LogP contribution < -0.4 is 10.5 Å². The van der Waals surface area contributed by atoms with Gasteiger partial charge in [0.1, 0.15) is 4.21 Å². The van der Waals surface area contributed by atoms with Crippen molar-refractivity contribution in [3.63, 3.8) is 0 Å². The van der Waals surface area contributed by atoms with Crippen molar-refractivity contribution in [1.82, 2.24) is 4.72 Å². The third-order valence-corrected chi connectivity index (χ3v) is 5.50. The van der Waals surface area contributed by atoms with Gasteiger partial charge < -0.3 is 5.73 Å². The van der Waals surface area contributed by atoms with Gasteiger partial charge in [0.2, 0.25) is 0 Å². The lowest BCUT2D eigenvalue weighted by atomic mass is 10.7. The summed E-state index contributed by atoms with van der Waals surface area (Å²) in [6, 6.07) is 2.18. The van der Waals surface area contributed by atoms with E-state index < -0.39 is 14.9 Å². The molecule has 0 unspecified atom stereocenters. The standard InChI is InChI=1S/C5H6N2O3S3/c6-5(8)7-12-13(9,10)4-2-1-3-11-4/h1-3H,(H3,6,7,8). The molecule has 5 nitrogen and oxygen atoms in total. The number of thiophene rings is 1. The monoisotopic (exact) mass is 238 g/mol. The highest BCUT2D eigenvalue weighted by atomic mass is 33.1. The van der Waals surface area contributed by atoms with E-state index in [0.29, 0.717) is 11.0 Å². The summed E-state index contributed by atoms with van der Waals surface area (Å²) in [6.45, 7) is 0. The number of carbonyl (C=O) groups excluding carboxylic acids is 1. The molecular weight excluding hydrogens is 232 g/mol. The van der Waals surface area contributed by atoms with E-state index in [1.54, 1.807) is 11.4 Å². The fourth-order valence-electron chi connectivity index (χ4n) is 0.543. The van der Waals surface area contributed by atoms with E-state index in [0.717, 1.165) is 11.3 Å². The molecule has 0 saturated heterocycles. The average Bonchev–Trinajstić information content (AvgIpc) is 2.53. The summed E-state index contributed by atoms with van der Waals surface area (Å²) in [4.78, 5) is 10.2. The fraction of sp³-hybridized carbons (Fsp3) is 0. The minimum atomic E-state index is -3.49. The molecule has 0 aliphatic carbocycles. The molecule has 0 spiro atoms. The van der Waals surface area contributed by atoms with Crippen molar-refractivity contribution in [2.75, 3.05) is 0 Å². The summed E-state index contributed by atoms with van der Waals surface area (Å²) in [7, 11) is -3.19. The normalized spacial score (nSPS) is 11.1. The zero-order valence-corrected chi connectivity index (χ0v) is 8.71. The Kier molecular flexibility index (Phi) is 3.17. The molecular formula is C5H6N2O3S3. The van der Waals surface area contributed by atoms with Crippen LogP contribution in [0.1, 0.15) is 0 Å². The van der Waals surface area contributed by atoms with E-state index in [4.69, 9.17) is 5.73 Å². The van der Waals surface area contributed by atoms with Gasteiger partial charge in [-0.05, 0) is 11.4 Å². The van der Waals surface area contributed by atoms with Crippen LogP contribution in [0.25, 0.3) is 0 Å². The molecule has 1 aromatic heterocycles. The topological polar surface area (TPSA) is 89.3 Å². The molecule has 1 aromatic rings. The van der Waals surface area contributed by atoms with Crippen LogP contribution in [0.5, 0.6) is 0 Å². The number of hydrogen-bond donors (Lipinski definition) is 2. The predicted octanol–water partition coefficient (Wildman–Crippen LogP) is 0.753. The van der Waals surface area contributed by atoms with E-state index >= 15 is 0 Å². The number of nitrogens with two attached hydrogens (primary N) is 1. The van der Waals surface area contributed by atoms with Gasteiger partial charge in [-0.1, -0.05) is 6.07 Å². The molecule has 0 aliphatic heterocycles. The van der Waals surface area contributed by atoms with E-state index in [9.17, 15) is 13.2 Å². The predicted molar refractivity (Wildman–Crippen MR) is 51.8 cm³/mol. The number of nitrogens with one attached hydrogen (secondary N) is 1. The molecule has 13 heavy (non-hydrogen) atoms. The minimum absolute atomic E-state index is 0.186. The van der Waals surface area contributed by atoms with Crippen LogP contribution in [-0.2, 0) is 8.87 Å². The Labute approximate surface area is 82.8 Å². The maximum absolute atomic E-state index is 11.3. The van der Waals surface area contributed by atoms with Crippen LogP contribution in [-0.4, -0.2) is 14.4 Å². The number of amides is 2. The first-order valence-corrected chi connectivity index (χ1v) is 6.74. The van der Waals surface area contributed by atoms with Crippen molar-refractivity contribution in [3.05, 3.63) is 17.5 Å². The first-order valence-electron chi connectivity index (χ1n) is 3.05. The Morgan fingerprint density at radius 3 is 2.77 bits per heavy atom. The third-order valence-electron chi connectivity index (χ3n) is 0.993. The van der Waals surface area contributed by atoms with Crippen LogP contribution in [0.2, 0.25) is 0 Å². The highest BCUT2D eigenvalue weighted by molar-refractivity contribution is 8.71. The van der Waals surface area contributed by atoms with Crippen molar-refractivity contribution >= 4 is 37.2 Å². The van der Waals surface area contributed by atoms with E-state index in [1.807, 2.05) is 4.72 Å². The first kappa shape index (κ1) is 10.4. The van der Waals surface area contributed by atoms with Gasteiger partial charge in [-0.2, -0.15) is 0 Å². The Balaban J connectivity index is 2.74. The molecule has 72 valence electrons. The molecule has 0 saturated carbocycles. The van der Waals surface area contributed by atoms with Crippen LogP contribution in [0.3, 0.4) is 0 Å². The van der Waals surface area contributed by atoms with Gasteiger partial charge in [0.05, 0.1) is 11.0 Å². The second-order valence-corrected chi connectivity index (χ2v) is 6.68. The Bertz CT molecular complexity index is 383. The SMILES string of the molecule is NC(=O)NSS(=O)(=O)c1cccs1. The highest BCUT2D eigenvalue weighted by Crippen LogP contribution is 2.24. The zero-order chi connectivity index (χ0) is 9.90. The summed E-state index contributed by atoms with van der Waals surface area (Å²) in [5, 5.41) is 1.64. The molecule has 8 heteroatoms. The summed E-state index contributed by atoms with van der Waals surface area (Å²) >= 11 is 1.08. The molecule has 0 aromatic carbocycles. The number of hydrogen-bond acceptors (Lipinski definition) is 5. The van der Waals surface area contributed by atoms with Gasteiger partial charge in [0.25, 0.3) is 8.87 Å². The summed E-state index contributed by atoms with van der Waals surface area (Å²) in [5.74, 6) is 0. The molecule has 1 heterocycles. The molecule has 0 aliphatic rings. The van der Waals surface area contributed by atoms with Crippen molar-refractivity contribution in [2.24, 2.45) is 5.73 Å². The van der Waals surface area contributed by atoms with Crippen LogP contribution >= 0.6 is 22.3 Å². The van der Waals surface area contributed by atoms with Crippen LogP contribution in [0.4, 0.5) is 4.79 Å². The highest BCUT2D eigenvalue weighted by Gasteiger charge is 2.17. The fourth-order valence-corrected chi connectivity index (χ4v) is 3.80. The van der Waals surface area contributed by atoms with Crippen molar-refractivity contribution in [1.29, 1.82) is 0 Å². The van der Waals surface area contributed by atoms with Crippen LogP contribution in [0.15, 0.2) is 21.7 Å². The van der Waals surface area contributed by atoms with Gasteiger partial charge in [-0.15, -0.1) is 11.3 Å². The Hall–Kier alpha value is -0.730. The molecule has 0 radical (unpaired) electrons. The van der Waals surface area contributed by atoms with E-state index in [2.05, 4.69) is 0 Å². The molecule has 0 fully saturated rings. The van der Waals surface area contributed by atoms with E-state index in [1.165, 1.54) is 6.07 Å². The summed E-state index contributed by atoms with van der Waals surface area (Å²) in [6.07, 6.45) is 0. The minimum Gasteiger partial charge on any atom is -0.351 e. The summed E-state index contributed by atoms with van der Waals surface area (Å²) < 4.78 is 24.7. The Morgan fingerprint density at radius 1 is 1.62 bits per heavy atom. The number of urea groups is 1. The van der Waals surface area contributed by atoms with E-state index in [-0.39, 0.29) is 4.21 Å². The lowest BCUT2D eigenvalue weighted by Gasteiger charge is -1.98. The Morgan fingerprint density at radius 2 is 2.31 bits per heavy atom. The molecule has 0 atom stereocenters. The zero-order valence-electron chi connectivity index (χ0n) is 6.26. The third kappa shape index (κ3) is 2.90. The molecule has 3 N–H and O–H groups in total. The largest absolute Gasteiger partial charge is 0.351 e. The van der Waals surface area contributed by atoms with Gasteiger partial charge in [0, 0.05) is 0 Å². The molecule has 0 bridgehead atoms. The second-order valence-electron chi connectivity index (χ2n) is 1.94. The lowest BCUT2D eigenvalue weighted by molar-refractivity contribution is 0.254. The average molecular weight is 238 g/mol. The van der Waals surface area contributed by atoms with Crippen molar-refractivity contribution in [3.8, 4) is 0 Å². The van der Waals surface area contributed by atoms with Crippen LogP contribution in [0, 0.1) is 0 Å². The molecule has 2 amide bonds. The number of primary amides is 1. The maximum Gasteiger partial charge on any atom is 0.322 e. The lowest BCUT2D eigenvalue weighted by Crippen LogP contribution is -2.24. The number of rotatable bonds is 3.